The minimum Gasteiger partial charge on any atom is -0.416 e. The van der Waals surface area contributed by atoms with E-state index in [0.29, 0.717) is 11.8 Å². The van der Waals surface area contributed by atoms with Crippen molar-refractivity contribution in [2.75, 3.05) is 0 Å². The van der Waals surface area contributed by atoms with Gasteiger partial charge in [-0.25, -0.2) is 0 Å². The van der Waals surface area contributed by atoms with Gasteiger partial charge in [0, 0.05) is 68.8 Å². The van der Waals surface area contributed by atoms with Gasteiger partial charge in [-0.1, -0.05) is 66.7 Å². The van der Waals surface area contributed by atoms with Crippen LogP contribution in [0.15, 0.2) is 138 Å². The second kappa shape index (κ2) is 9.79. The molecule has 0 atom stereocenters. The predicted molar refractivity (Wildman–Crippen MR) is 184 cm³/mol. The zero-order valence-electron chi connectivity index (χ0n) is 24.9. The number of hydrogen-bond acceptors (Lipinski definition) is 3. The Morgan fingerprint density at radius 2 is 0.822 bits per heavy atom. The Hall–Kier alpha value is -5.94. The highest BCUT2D eigenvalue weighted by Gasteiger charge is 2.16. The number of fused-ring (bicyclic) bond motifs is 6. The van der Waals surface area contributed by atoms with E-state index in [1.54, 1.807) is 0 Å². The molecular formula is C40H28N4O. The molecule has 6 aromatic carbocycles. The van der Waals surface area contributed by atoms with Crippen LogP contribution >= 0.6 is 0 Å². The van der Waals surface area contributed by atoms with E-state index in [-0.39, 0.29) is 0 Å². The van der Waals surface area contributed by atoms with Crippen LogP contribution in [0.3, 0.4) is 0 Å². The number of rotatable bonds is 4. The summed E-state index contributed by atoms with van der Waals surface area (Å²) in [6.07, 6.45) is 0. The summed E-state index contributed by atoms with van der Waals surface area (Å²) in [6, 6.07) is 47.1. The van der Waals surface area contributed by atoms with Crippen molar-refractivity contribution in [2.24, 2.45) is 14.1 Å². The van der Waals surface area contributed by atoms with Crippen LogP contribution in [0.4, 0.5) is 0 Å². The Morgan fingerprint density at radius 3 is 1.38 bits per heavy atom. The van der Waals surface area contributed by atoms with E-state index in [2.05, 4.69) is 137 Å². The SMILES string of the molecule is Cn1c2ccccc2c2cc(-c3cc(-c4ccc5c(c4)c4ccccc4n5C)cc(-c4nnc(-c5ccccc5)o4)c3)ccc21. The first-order chi connectivity index (χ1) is 22.1. The molecule has 0 aliphatic rings. The average Bonchev–Trinajstić information content (AvgIpc) is 3.79. The van der Waals surface area contributed by atoms with E-state index in [1.165, 1.54) is 43.6 Å². The highest BCUT2D eigenvalue weighted by Crippen LogP contribution is 2.38. The quantitative estimate of drug-likeness (QED) is 0.208. The molecule has 214 valence electrons. The molecule has 0 saturated carbocycles. The molecule has 0 saturated heterocycles. The van der Waals surface area contributed by atoms with Crippen LogP contribution < -0.4 is 0 Å². The molecule has 9 aromatic rings. The van der Waals surface area contributed by atoms with Crippen LogP contribution in [0.25, 0.3) is 88.8 Å². The van der Waals surface area contributed by atoms with E-state index >= 15 is 0 Å². The summed E-state index contributed by atoms with van der Waals surface area (Å²) in [5.41, 5.74) is 11.1. The third-order valence-electron chi connectivity index (χ3n) is 9.12. The molecule has 0 spiro atoms. The van der Waals surface area contributed by atoms with Gasteiger partial charge in [-0.05, 0) is 89.0 Å². The maximum atomic E-state index is 6.27. The number of benzene rings is 6. The van der Waals surface area contributed by atoms with Crippen molar-refractivity contribution >= 4 is 43.6 Å². The summed E-state index contributed by atoms with van der Waals surface area (Å²) in [6.45, 7) is 0. The summed E-state index contributed by atoms with van der Waals surface area (Å²) in [4.78, 5) is 0. The third kappa shape index (κ3) is 4.01. The molecule has 3 heterocycles. The Kier molecular flexibility index (Phi) is 5.56. The van der Waals surface area contributed by atoms with Gasteiger partial charge in [-0.3, -0.25) is 0 Å². The van der Waals surface area contributed by atoms with E-state index < -0.39 is 0 Å². The van der Waals surface area contributed by atoms with Crippen molar-refractivity contribution in [1.82, 2.24) is 19.3 Å². The van der Waals surface area contributed by atoms with Gasteiger partial charge in [0.2, 0.25) is 11.8 Å². The van der Waals surface area contributed by atoms with Gasteiger partial charge in [0.25, 0.3) is 0 Å². The first-order valence-corrected chi connectivity index (χ1v) is 15.1. The predicted octanol–water partition coefficient (Wildman–Crippen LogP) is 10.0. The maximum Gasteiger partial charge on any atom is 0.248 e. The van der Waals surface area contributed by atoms with Crippen molar-refractivity contribution < 1.29 is 4.42 Å². The monoisotopic (exact) mass is 580 g/mol. The van der Waals surface area contributed by atoms with E-state index in [9.17, 15) is 0 Å². The van der Waals surface area contributed by atoms with Gasteiger partial charge >= 0.3 is 0 Å². The largest absolute Gasteiger partial charge is 0.416 e. The number of nitrogens with zero attached hydrogens (tertiary/aromatic N) is 4. The van der Waals surface area contributed by atoms with Crippen molar-refractivity contribution in [1.29, 1.82) is 0 Å². The number of para-hydroxylation sites is 2. The summed E-state index contributed by atoms with van der Waals surface area (Å²) < 4.78 is 10.8. The molecule has 5 heteroatoms. The second-order valence-electron chi connectivity index (χ2n) is 11.7. The van der Waals surface area contributed by atoms with Crippen molar-refractivity contribution in [3.63, 3.8) is 0 Å². The van der Waals surface area contributed by atoms with Crippen LogP contribution in [0.5, 0.6) is 0 Å². The fourth-order valence-corrected chi connectivity index (χ4v) is 6.82. The molecule has 5 nitrogen and oxygen atoms in total. The Labute approximate surface area is 259 Å². The first kappa shape index (κ1) is 25.5. The van der Waals surface area contributed by atoms with Crippen LogP contribution in [0.2, 0.25) is 0 Å². The van der Waals surface area contributed by atoms with Crippen LogP contribution in [0.1, 0.15) is 0 Å². The van der Waals surface area contributed by atoms with Gasteiger partial charge < -0.3 is 13.6 Å². The fraction of sp³-hybridized carbons (Fsp3) is 0.0500. The fourth-order valence-electron chi connectivity index (χ4n) is 6.82. The summed E-state index contributed by atoms with van der Waals surface area (Å²) in [7, 11) is 4.26. The second-order valence-corrected chi connectivity index (χ2v) is 11.7. The minimum absolute atomic E-state index is 0.495. The molecule has 0 bridgehead atoms. The van der Waals surface area contributed by atoms with Gasteiger partial charge in [-0.15, -0.1) is 10.2 Å². The molecular weight excluding hydrogens is 552 g/mol. The van der Waals surface area contributed by atoms with E-state index in [1.807, 2.05) is 30.3 Å². The standard InChI is InChI=1S/C40H28N4O/c1-43-35-14-8-6-12-31(35)33-23-26(16-18-37(33)43)28-20-29(22-30(21-28)40-42-41-39(45-40)25-10-4-3-5-11-25)27-17-19-38-34(24-27)32-13-7-9-15-36(32)44(38)2/h3-24H,1-2H3. The molecule has 9 rings (SSSR count). The smallest absolute Gasteiger partial charge is 0.248 e. The van der Waals surface area contributed by atoms with Crippen molar-refractivity contribution in [3.8, 4) is 45.2 Å². The number of hydrogen-bond donors (Lipinski definition) is 0. The zero-order valence-corrected chi connectivity index (χ0v) is 24.9. The molecule has 0 amide bonds. The van der Waals surface area contributed by atoms with E-state index in [4.69, 9.17) is 4.42 Å². The van der Waals surface area contributed by atoms with Gasteiger partial charge in [0.15, 0.2) is 0 Å². The molecule has 0 aliphatic heterocycles. The molecule has 0 N–H and O–H groups in total. The van der Waals surface area contributed by atoms with Gasteiger partial charge in [-0.2, -0.15) is 0 Å². The average molecular weight is 581 g/mol. The minimum atomic E-state index is 0.495. The first-order valence-electron chi connectivity index (χ1n) is 15.1. The summed E-state index contributed by atoms with van der Waals surface area (Å²) >= 11 is 0. The lowest BCUT2D eigenvalue weighted by Gasteiger charge is -2.10. The molecule has 45 heavy (non-hydrogen) atoms. The van der Waals surface area contributed by atoms with Crippen LogP contribution in [-0.4, -0.2) is 19.3 Å². The summed E-state index contributed by atoms with van der Waals surface area (Å²) in [5.74, 6) is 1.00. The Balaban J connectivity index is 1.25. The lowest BCUT2D eigenvalue weighted by Crippen LogP contribution is -1.89. The van der Waals surface area contributed by atoms with Crippen LogP contribution in [-0.2, 0) is 14.1 Å². The van der Waals surface area contributed by atoms with Gasteiger partial charge in [0.1, 0.15) is 0 Å². The molecule has 3 aromatic heterocycles. The zero-order chi connectivity index (χ0) is 30.1. The topological polar surface area (TPSA) is 48.8 Å². The Morgan fingerprint density at radius 1 is 0.378 bits per heavy atom. The molecule has 0 fully saturated rings. The summed E-state index contributed by atoms with van der Waals surface area (Å²) in [5, 5.41) is 13.9. The third-order valence-corrected chi connectivity index (χ3v) is 9.12. The molecule has 0 radical (unpaired) electrons. The lowest BCUT2D eigenvalue weighted by atomic mass is 9.94. The number of aromatic nitrogens is 4. The highest BCUT2D eigenvalue weighted by atomic mass is 16.4. The number of aryl methyl sites for hydroxylation is 2. The Bertz CT molecular complexity index is 2430. The molecule has 0 aliphatic carbocycles. The lowest BCUT2D eigenvalue weighted by molar-refractivity contribution is 0.584. The maximum absolute atomic E-state index is 6.27. The van der Waals surface area contributed by atoms with Crippen molar-refractivity contribution in [2.45, 2.75) is 0 Å². The van der Waals surface area contributed by atoms with Crippen LogP contribution in [0, 0.1) is 0 Å². The normalized spacial score (nSPS) is 11.8. The van der Waals surface area contributed by atoms with Gasteiger partial charge in [0.05, 0.1) is 0 Å². The van der Waals surface area contributed by atoms with E-state index in [0.717, 1.165) is 33.4 Å². The highest BCUT2D eigenvalue weighted by molar-refractivity contribution is 6.10. The van der Waals surface area contributed by atoms with Crippen molar-refractivity contribution in [3.05, 3.63) is 133 Å². The molecule has 0 unspecified atom stereocenters.